The van der Waals surface area contributed by atoms with Gasteiger partial charge >= 0.3 is 0 Å². The fourth-order valence-corrected chi connectivity index (χ4v) is 9.07. The standard InChI is InChI=1S/C15H30P/c1-5-7-14-11-15(16(14,4)6-2)13-9-8-12(3)10-13/h12-15H,5-11H2,1-4H3/q+1. The molecule has 0 spiro atoms. The Hall–Kier alpha value is 0.430. The first kappa shape index (κ1) is 12.9. The molecule has 94 valence electrons. The molecule has 0 bridgehead atoms. The minimum Gasteiger partial charge on any atom is -0.0652 e. The highest BCUT2D eigenvalue weighted by atomic mass is 31.2. The Bertz CT molecular complexity index is 238. The van der Waals surface area contributed by atoms with E-state index in [2.05, 4.69) is 27.4 Å². The van der Waals surface area contributed by atoms with Crippen molar-refractivity contribution in [3.05, 3.63) is 0 Å². The molecule has 1 heterocycles. The zero-order valence-electron chi connectivity index (χ0n) is 11.7. The van der Waals surface area contributed by atoms with E-state index in [4.69, 9.17) is 0 Å². The molecule has 0 N–H and O–H groups in total. The molecule has 1 saturated carbocycles. The van der Waals surface area contributed by atoms with Crippen LogP contribution in [0.4, 0.5) is 0 Å². The molecule has 5 unspecified atom stereocenters. The van der Waals surface area contributed by atoms with Gasteiger partial charge in [0, 0.05) is 20.3 Å². The van der Waals surface area contributed by atoms with Gasteiger partial charge in [-0.3, -0.25) is 0 Å². The zero-order valence-corrected chi connectivity index (χ0v) is 12.6. The van der Waals surface area contributed by atoms with Crippen molar-refractivity contribution in [2.24, 2.45) is 11.8 Å². The molecule has 0 radical (unpaired) electrons. The van der Waals surface area contributed by atoms with E-state index in [0.717, 1.165) is 17.5 Å². The van der Waals surface area contributed by atoms with Gasteiger partial charge in [-0.1, -0.05) is 26.7 Å². The van der Waals surface area contributed by atoms with Crippen LogP contribution in [0.1, 0.15) is 59.3 Å². The van der Waals surface area contributed by atoms with E-state index in [1.165, 1.54) is 31.1 Å². The van der Waals surface area contributed by atoms with Gasteiger partial charge in [-0.05, 0) is 38.0 Å². The van der Waals surface area contributed by atoms with E-state index < -0.39 is 7.26 Å². The van der Waals surface area contributed by atoms with Crippen LogP contribution in [0, 0.1) is 11.8 Å². The van der Waals surface area contributed by atoms with Crippen molar-refractivity contribution in [3.8, 4) is 0 Å². The second-order valence-electron chi connectivity index (χ2n) is 6.59. The molecule has 2 aliphatic rings. The van der Waals surface area contributed by atoms with Crippen LogP contribution >= 0.6 is 7.26 Å². The maximum atomic E-state index is 2.70. The van der Waals surface area contributed by atoms with E-state index in [9.17, 15) is 0 Å². The number of rotatable bonds is 4. The summed E-state index contributed by atoms with van der Waals surface area (Å²) in [6.07, 6.45) is 10.7. The first-order valence-electron chi connectivity index (χ1n) is 7.46. The molecule has 2 rings (SSSR count). The van der Waals surface area contributed by atoms with Gasteiger partial charge in [-0.15, -0.1) is 0 Å². The zero-order chi connectivity index (χ0) is 11.8. The predicted molar refractivity (Wildman–Crippen MR) is 77.0 cm³/mol. The van der Waals surface area contributed by atoms with E-state index in [0.29, 0.717) is 0 Å². The SMILES string of the molecule is CCCC1CC(C2CCC(C)C2)[P+]1(C)CC. The maximum absolute atomic E-state index is 2.70. The molecule has 0 aromatic heterocycles. The van der Waals surface area contributed by atoms with Crippen molar-refractivity contribution in [2.75, 3.05) is 12.8 Å². The lowest BCUT2D eigenvalue weighted by Crippen LogP contribution is -2.42. The van der Waals surface area contributed by atoms with Crippen LogP contribution in [0.2, 0.25) is 0 Å². The van der Waals surface area contributed by atoms with Crippen molar-refractivity contribution in [1.82, 2.24) is 0 Å². The van der Waals surface area contributed by atoms with Crippen LogP contribution in [0.3, 0.4) is 0 Å². The Morgan fingerprint density at radius 1 is 1.12 bits per heavy atom. The molecule has 0 aromatic rings. The van der Waals surface area contributed by atoms with Gasteiger partial charge < -0.3 is 0 Å². The lowest BCUT2D eigenvalue weighted by atomic mass is 9.96. The fraction of sp³-hybridized carbons (Fsp3) is 1.00. The summed E-state index contributed by atoms with van der Waals surface area (Å²) in [5.41, 5.74) is 2.34. The van der Waals surface area contributed by atoms with Gasteiger partial charge in [-0.25, -0.2) is 0 Å². The molecule has 2 fully saturated rings. The van der Waals surface area contributed by atoms with Gasteiger partial charge in [0.15, 0.2) is 0 Å². The highest BCUT2D eigenvalue weighted by Gasteiger charge is 2.59. The average Bonchev–Trinajstić information content (AvgIpc) is 2.68. The maximum Gasteiger partial charge on any atom is 0.0763 e. The Balaban J connectivity index is 1.97. The Morgan fingerprint density at radius 3 is 2.38 bits per heavy atom. The third kappa shape index (κ3) is 2.07. The van der Waals surface area contributed by atoms with Crippen molar-refractivity contribution < 1.29 is 0 Å². The lowest BCUT2D eigenvalue weighted by Gasteiger charge is -2.50. The average molecular weight is 241 g/mol. The largest absolute Gasteiger partial charge is 0.0763 e. The van der Waals surface area contributed by atoms with Gasteiger partial charge in [0.25, 0.3) is 0 Å². The van der Waals surface area contributed by atoms with Gasteiger partial charge in [0.1, 0.15) is 0 Å². The number of hydrogen-bond donors (Lipinski definition) is 0. The summed E-state index contributed by atoms with van der Waals surface area (Å²) in [5, 5.41) is 0. The van der Waals surface area contributed by atoms with Crippen LogP contribution in [0.15, 0.2) is 0 Å². The molecule has 1 aliphatic carbocycles. The Labute approximate surface area is 103 Å². The number of hydrogen-bond acceptors (Lipinski definition) is 0. The topological polar surface area (TPSA) is 0 Å². The summed E-state index contributed by atoms with van der Waals surface area (Å²) in [6.45, 7) is 10.0. The lowest BCUT2D eigenvalue weighted by molar-refractivity contribution is 0.421. The second kappa shape index (κ2) is 4.97. The summed E-state index contributed by atoms with van der Waals surface area (Å²) in [6, 6.07) is 0. The summed E-state index contributed by atoms with van der Waals surface area (Å²) in [4.78, 5) is 0. The summed E-state index contributed by atoms with van der Waals surface area (Å²) < 4.78 is 0. The van der Waals surface area contributed by atoms with Crippen molar-refractivity contribution in [1.29, 1.82) is 0 Å². The molecule has 0 aromatic carbocycles. The normalized spacial score (nSPS) is 48.0. The quantitative estimate of drug-likeness (QED) is 0.605. The van der Waals surface area contributed by atoms with Crippen molar-refractivity contribution in [2.45, 2.75) is 70.6 Å². The van der Waals surface area contributed by atoms with Gasteiger partial charge in [0.05, 0.1) is 17.5 Å². The molecule has 0 amide bonds. The molecule has 16 heavy (non-hydrogen) atoms. The smallest absolute Gasteiger partial charge is 0.0652 e. The van der Waals surface area contributed by atoms with Gasteiger partial charge in [-0.2, -0.15) is 0 Å². The monoisotopic (exact) mass is 241 g/mol. The Morgan fingerprint density at radius 2 is 1.88 bits per heavy atom. The van der Waals surface area contributed by atoms with Crippen LogP contribution < -0.4 is 0 Å². The van der Waals surface area contributed by atoms with E-state index in [-0.39, 0.29) is 0 Å². The Kier molecular flexibility index (Phi) is 4.00. The van der Waals surface area contributed by atoms with Crippen molar-refractivity contribution in [3.63, 3.8) is 0 Å². The molecule has 1 heteroatoms. The van der Waals surface area contributed by atoms with E-state index in [1.807, 2.05) is 0 Å². The fourth-order valence-electron chi connectivity index (χ4n) is 4.41. The summed E-state index contributed by atoms with van der Waals surface area (Å²) >= 11 is 0. The minimum absolute atomic E-state index is 0.536. The van der Waals surface area contributed by atoms with E-state index in [1.54, 1.807) is 19.3 Å². The molecule has 1 aliphatic heterocycles. The van der Waals surface area contributed by atoms with Crippen LogP contribution in [-0.2, 0) is 0 Å². The summed E-state index contributed by atoms with van der Waals surface area (Å²) in [7, 11) is -0.536. The molecular formula is C15H30P+. The summed E-state index contributed by atoms with van der Waals surface area (Å²) in [5.74, 6) is 2.15. The molecule has 5 atom stereocenters. The van der Waals surface area contributed by atoms with Gasteiger partial charge in [0.2, 0.25) is 0 Å². The molecular weight excluding hydrogens is 211 g/mol. The van der Waals surface area contributed by atoms with Crippen molar-refractivity contribution >= 4 is 7.26 Å². The first-order valence-corrected chi connectivity index (χ1v) is 10.0. The van der Waals surface area contributed by atoms with Crippen LogP contribution in [-0.4, -0.2) is 24.1 Å². The van der Waals surface area contributed by atoms with Crippen LogP contribution in [0.5, 0.6) is 0 Å². The first-order chi connectivity index (χ1) is 7.61. The molecule has 1 saturated heterocycles. The highest BCUT2D eigenvalue weighted by Crippen LogP contribution is 2.77. The second-order valence-corrected chi connectivity index (χ2v) is 11.3. The molecule has 0 nitrogen and oxygen atoms in total. The van der Waals surface area contributed by atoms with E-state index >= 15 is 0 Å². The van der Waals surface area contributed by atoms with Crippen LogP contribution in [0.25, 0.3) is 0 Å². The highest BCUT2D eigenvalue weighted by molar-refractivity contribution is 7.78. The minimum atomic E-state index is -0.536. The third-order valence-electron chi connectivity index (χ3n) is 5.69. The predicted octanol–water partition coefficient (Wildman–Crippen LogP) is 5.03. The third-order valence-corrected chi connectivity index (χ3v) is 11.3.